The molecule has 152 valence electrons. The lowest BCUT2D eigenvalue weighted by atomic mass is 10.0. The Balaban J connectivity index is 1.77. The molecule has 0 aromatic heterocycles. The van der Waals surface area contributed by atoms with E-state index in [2.05, 4.69) is 9.71 Å². The summed E-state index contributed by atoms with van der Waals surface area (Å²) in [5, 5.41) is 2.73. The van der Waals surface area contributed by atoms with Crippen LogP contribution in [0.2, 0.25) is 0 Å². The highest BCUT2D eigenvalue weighted by Crippen LogP contribution is 2.30. The molecule has 1 atom stereocenters. The van der Waals surface area contributed by atoms with E-state index >= 15 is 0 Å². The van der Waals surface area contributed by atoms with Crippen LogP contribution in [0.5, 0.6) is 0 Å². The van der Waals surface area contributed by atoms with E-state index in [1.54, 1.807) is 23.1 Å². The Bertz CT molecular complexity index is 918. The fraction of sp³-hybridized carbons (Fsp3) is 0.526. The van der Waals surface area contributed by atoms with Gasteiger partial charge in [-0.1, -0.05) is 12.1 Å². The maximum atomic E-state index is 12.7. The fourth-order valence-corrected chi connectivity index (χ4v) is 4.63. The molecule has 0 bridgehead atoms. The molecule has 2 aliphatic heterocycles. The van der Waals surface area contributed by atoms with Crippen LogP contribution in [0.4, 0.5) is 0 Å². The number of likely N-dealkylation sites (tertiary alicyclic amines) is 1. The molecule has 1 aromatic carbocycles. The van der Waals surface area contributed by atoms with Crippen molar-refractivity contribution in [3.63, 3.8) is 0 Å². The molecule has 0 spiro atoms. The minimum Gasteiger partial charge on any atom is -0.454 e. The summed E-state index contributed by atoms with van der Waals surface area (Å²) in [7, 11) is -3.77. The summed E-state index contributed by atoms with van der Waals surface area (Å²) < 4.78 is 33.8. The second kappa shape index (κ2) is 7.54. The van der Waals surface area contributed by atoms with Crippen molar-refractivity contribution < 1.29 is 22.7 Å². The summed E-state index contributed by atoms with van der Waals surface area (Å²) in [4.78, 5) is 26.4. The molecule has 9 heteroatoms. The zero-order chi connectivity index (χ0) is 20.5. The van der Waals surface area contributed by atoms with Crippen molar-refractivity contribution in [2.24, 2.45) is 4.40 Å². The molecule has 1 fully saturated rings. The van der Waals surface area contributed by atoms with Gasteiger partial charge >= 0.3 is 5.97 Å². The third-order valence-electron chi connectivity index (χ3n) is 4.52. The van der Waals surface area contributed by atoms with Gasteiger partial charge in [0.2, 0.25) is 0 Å². The van der Waals surface area contributed by atoms with Gasteiger partial charge in [0.1, 0.15) is 10.9 Å². The normalized spacial score (nSPS) is 20.9. The molecule has 1 N–H and O–H groups in total. The van der Waals surface area contributed by atoms with Gasteiger partial charge < -0.3 is 15.0 Å². The molecule has 0 aliphatic carbocycles. The van der Waals surface area contributed by atoms with Crippen molar-refractivity contribution in [3.05, 3.63) is 29.8 Å². The SMILES string of the molecule is CC(C)(C)NC(=O)COC(=O)[C@H]1CCCCN1C1=NS(=O)(=O)c2ccccc21. The van der Waals surface area contributed by atoms with E-state index in [0.717, 1.165) is 12.8 Å². The first-order chi connectivity index (χ1) is 13.1. The van der Waals surface area contributed by atoms with Crippen LogP contribution >= 0.6 is 0 Å². The van der Waals surface area contributed by atoms with E-state index < -0.39 is 27.6 Å². The van der Waals surface area contributed by atoms with Gasteiger partial charge in [-0.15, -0.1) is 4.40 Å². The summed E-state index contributed by atoms with van der Waals surface area (Å²) in [5.74, 6) is -0.654. The Labute approximate surface area is 165 Å². The zero-order valence-electron chi connectivity index (χ0n) is 16.3. The minimum atomic E-state index is -3.77. The highest BCUT2D eigenvalue weighted by molar-refractivity contribution is 7.90. The first-order valence-corrected chi connectivity index (χ1v) is 10.7. The number of carbonyl (C=O) groups is 2. The number of sulfonamides is 1. The predicted octanol–water partition coefficient (Wildman–Crippen LogP) is 1.45. The van der Waals surface area contributed by atoms with Crippen molar-refractivity contribution in [1.82, 2.24) is 10.2 Å². The average molecular weight is 407 g/mol. The number of amides is 1. The third-order valence-corrected chi connectivity index (χ3v) is 5.84. The van der Waals surface area contributed by atoms with Gasteiger partial charge in [-0.3, -0.25) is 4.79 Å². The highest BCUT2D eigenvalue weighted by atomic mass is 32.2. The van der Waals surface area contributed by atoms with E-state index in [9.17, 15) is 18.0 Å². The predicted molar refractivity (Wildman–Crippen MR) is 103 cm³/mol. The number of nitrogens with one attached hydrogen (secondary N) is 1. The van der Waals surface area contributed by atoms with Crippen molar-refractivity contribution in [1.29, 1.82) is 0 Å². The summed E-state index contributed by atoms with van der Waals surface area (Å²) in [6.45, 7) is 5.64. The quantitative estimate of drug-likeness (QED) is 0.761. The number of piperidine rings is 1. The molecule has 1 amide bonds. The molecule has 0 radical (unpaired) electrons. The standard InChI is InChI=1S/C19H25N3O5S/c1-19(2,3)20-16(23)12-27-18(24)14-9-6-7-11-22(14)17-13-8-4-5-10-15(13)28(25,26)21-17/h4-5,8,10,14H,6-7,9,11-12H2,1-3H3,(H,20,23)/t14-/m1/s1. The largest absolute Gasteiger partial charge is 0.454 e. The van der Waals surface area contributed by atoms with Crippen LogP contribution < -0.4 is 5.32 Å². The Kier molecular flexibility index (Phi) is 5.47. The van der Waals surface area contributed by atoms with Crippen LogP contribution in [-0.2, 0) is 24.3 Å². The molecule has 8 nitrogen and oxygen atoms in total. The maximum absolute atomic E-state index is 12.7. The molecule has 2 aliphatic rings. The smallest absolute Gasteiger partial charge is 0.329 e. The van der Waals surface area contributed by atoms with E-state index in [0.29, 0.717) is 18.5 Å². The van der Waals surface area contributed by atoms with E-state index in [1.165, 1.54) is 6.07 Å². The number of hydrogen-bond acceptors (Lipinski definition) is 6. The first kappa shape index (κ1) is 20.3. The Morgan fingerprint density at radius 3 is 2.68 bits per heavy atom. The van der Waals surface area contributed by atoms with Gasteiger partial charge in [0, 0.05) is 17.6 Å². The van der Waals surface area contributed by atoms with Crippen LogP contribution in [0.3, 0.4) is 0 Å². The Hall–Kier alpha value is -2.42. The molecule has 2 heterocycles. The first-order valence-electron chi connectivity index (χ1n) is 9.27. The van der Waals surface area contributed by atoms with E-state index in [4.69, 9.17) is 4.74 Å². The van der Waals surface area contributed by atoms with Crippen LogP contribution in [0.25, 0.3) is 0 Å². The molecule has 0 unspecified atom stereocenters. The Morgan fingerprint density at radius 1 is 1.25 bits per heavy atom. The van der Waals surface area contributed by atoms with Crippen LogP contribution in [-0.4, -0.2) is 55.8 Å². The van der Waals surface area contributed by atoms with Crippen molar-refractivity contribution in [3.8, 4) is 0 Å². The van der Waals surface area contributed by atoms with Crippen LogP contribution in [0.15, 0.2) is 33.6 Å². The summed E-state index contributed by atoms with van der Waals surface area (Å²) in [6, 6.07) is 5.91. The number of benzene rings is 1. The molecular weight excluding hydrogens is 382 g/mol. The van der Waals surface area contributed by atoms with Gasteiger partial charge in [0.05, 0.1) is 0 Å². The molecular formula is C19H25N3O5S. The van der Waals surface area contributed by atoms with Gasteiger partial charge in [0.15, 0.2) is 12.4 Å². The number of amidine groups is 1. The summed E-state index contributed by atoms with van der Waals surface area (Å²) in [6.07, 6.45) is 2.14. The van der Waals surface area contributed by atoms with Crippen molar-refractivity contribution in [2.75, 3.05) is 13.2 Å². The van der Waals surface area contributed by atoms with Gasteiger partial charge in [-0.05, 0) is 52.2 Å². The van der Waals surface area contributed by atoms with Gasteiger partial charge in [-0.25, -0.2) is 4.79 Å². The van der Waals surface area contributed by atoms with Crippen molar-refractivity contribution in [2.45, 2.75) is 56.5 Å². The van der Waals surface area contributed by atoms with Crippen molar-refractivity contribution >= 4 is 27.7 Å². The number of ether oxygens (including phenoxy) is 1. The molecule has 0 saturated carbocycles. The highest BCUT2D eigenvalue weighted by Gasteiger charge is 2.38. The lowest BCUT2D eigenvalue weighted by Crippen LogP contribution is -2.49. The average Bonchev–Trinajstić information content (AvgIpc) is 2.90. The second-order valence-electron chi connectivity index (χ2n) is 8.00. The monoisotopic (exact) mass is 407 g/mol. The maximum Gasteiger partial charge on any atom is 0.329 e. The van der Waals surface area contributed by atoms with E-state index in [-0.39, 0.29) is 23.2 Å². The number of hydrogen-bond donors (Lipinski definition) is 1. The minimum absolute atomic E-state index is 0.146. The van der Waals surface area contributed by atoms with Crippen LogP contribution in [0.1, 0.15) is 45.6 Å². The topological polar surface area (TPSA) is 105 Å². The summed E-state index contributed by atoms with van der Waals surface area (Å²) in [5.41, 5.74) is 0.0736. The second-order valence-corrected chi connectivity index (χ2v) is 9.57. The fourth-order valence-electron chi connectivity index (χ4n) is 3.41. The molecule has 1 saturated heterocycles. The lowest BCUT2D eigenvalue weighted by Gasteiger charge is -2.35. The number of fused-ring (bicyclic) bond motifs is 1. The zero-order valence-corrected chi connectivity index (χ0v) is 17.1. The number of esters is 1. The van der Waals surface area contributed by atoms with Gasteiger partial charge in [0.25, 0.3) is 15.9 Å². The number of rotatable bonds is 3. The third kappa shape index (κ3) is 4.35. The number of carbonyl (C=O) groups excluding carboxylic acids is 2. The lowest BCUT2D eigenvalue weighted by molar-refractivity contribution is -0.153. The van der Waals surface area contributed by atoms with E-state index in [1.807, 2.05) is 20.8 Å². The summed E-state index contributed by atoms with van der Waals surface area (Å²) >= 11 is 0. The molecule has 1 aromatic rings. The number of nitrogens with zero attached hydrogens (tertiary/aromatic N) is 2. The Morgan fingerprint density at radius 2 is 1.96 bits per heavy atom. The van der Waals surface area contributed by atoms with Crippen LogP contribution in [0, 0.1) is 0 Å². The molecule has 3 rings (SSSR count). The molecule has 28 heavy (non-hydrogen) atoms. The van der Waals surface area contributed by atoms with Gasteiger partial charge in [-0.2, -0.15) is 8.42 Å².